The van der Waals surface area contributed by atoms with Gasteiger partial charge in [-0.2, -0.15) is 0 Å². The van der Waals surface area contributed by atoms with Crippen LogP contribution < -0.4 is 5.32 Å². The van der Waals surface area contributed by atoms with Gasteiger partial charge in [0.2, 0.25) is 5.62 Å². The molecule has 0 spiro atoms. The minimum absolute atomic E-state index is 0.678. The zero-order valence-electron chi connectivity index (χ0n) is 20.3. The third kappa shape index (κ3) is 4.08. The third-order valence-corrected chi connectivity index (χ3v) is 8.30. The van der Waals surface area contributed by atoms with Crippen LogP contribution in [-0.2, 0) is 0 Å². The maximum Gasteiger partial charge on any atom is 0.219 e. The molecule has 3 nitrogen and oxygen atoms in total. The molecule has 0 fully saturated rings. The fourth-order valence-electron chi connectivity index (χ4n) is 5.03. The van der Waals surface area contributed by atoms with Crippen molar-refractivity contribution in [2.24, 2.45) is 9.98 Å². The summed E-state index contributed by atoms with van der Waals surface area (Å²) in [5, 5.41) is 5.90. The van der Waals surface area contributed by atoms with Gasteiger partial charge in [0.15, 0.2) is 0 Å². The van der Waals surface area contributed by atoms with Crippen LogP contribution >= 0.6 is 22.9 Å². The first-order valence-corrected chi connectivity index (χ1v) is 13.7. The summed E-state index contributed by atoms with van der Waals surface area (Å²) in [4.78, 5) is 9.19. The highest BCUT2D eigenvalue weighted by Gasteiger charge is 2.21. The Hall–Kier alpha value is -4.25. The summed E-state index contributed by atoms with van der Waals surface area (Å²) < 4.78 is 2.44. The van der Waals surface area contributed by atoms with E-state index in [-0.39, 0.29) is 0 Å². The van der Waals surface area contributed by atoms with Crippen LogP contribution in [0.2, 0.25) is 0 Å². The fourth-order valence-corrected chi connectivity index (χ4v) is 6.57. The fraction of sp³-hybridized carbons (Fsp3) is 0.0303. The van der Waals surface area contributed by atoms with Gasteiger partial charge < -0.3 is 5.32 Å². The highest BCUT2D eigenvalue weighted by atomic mass is 35.5. The van der Waals surface area contributed by atoms with E-state index in [2.05, 4.69) is 106 Å². The zero-order valence-corrected chi connectivity index (χ0v) is 21.9. The summed E-state index contributed by atoms with van der Waals surface area (Å²) in [6, 6.07) is 42.3. The molecule has 38 heavy (non-hydrogen) atoms. The molecular formula is C33H22ClN3S. The van der Waals surface area contributed by atoms with Crippen molar-refractivity contribution in [1.82, 2.24) is 5.32 Å². The molecular weight excluding hydrogens is 506 g/mol. The van der Waals surface area contributed by atoms with Crippen molar-refractivity contribution in [2.75, 3.05) is 0 Å². The maximum atomic E-state index is 6.49. The molecule has 182 valence electrons. The van der Waals surface area contributed by atoms with Gasteiger partial charge in [-0.1, -0.05) is 121 Å². The lowest BCUT2D eigenvalue weighted by Gasteiger charge is -2.19. The van der Waals surface area contributed by atoms with E-state index in [0.717, 1.165) is 22.8 Å². The van der Waals surface area contributed by atoms with E-state index in [1.54, 1.807) is 11.3 Å². The Bertz CT molecular complexity index is 1860. The predicted molar refractivity (Wildman–Crippen MR) is 162 cm³/mol. The molecule has 1 aromatic heterocycles. The Labute approximate surface area is 229 Å². The molecule has 1 aliphatic rings. The third-order valence-electron chi connectivity index (χ3n) is 6.82. The Morgan fingerprint density at radius 2 is 1.08 bits per heavy atom. The number of hydrogen-bond donors (Lipinski definition) is 1. The number of hydrogen-bond acceptors (Lipinski definition) is 4. The van der Waals surface area contributed by atoms with Crippen LogP contribution in [0.1, 0.15) is 11.1 Å². The second-order valence-corrected chi connectivity index (χ2v) is 10.6. The number of thiophene rings is 1. The smallest absolute Gasteiger partial charge is 0.219 e. The lowest BCUT2D eigenvalue weighted by molar-refractivity contribution is 0.927. The first-order chi connectivity index (χ1) is 18.7. The Morgan fingerprint density at radius 1 is 0.526 bits per heavy atom. The summed E-state index contributed by atoms with van der Waals surface area (Å²) in [7, 11) is 0. The van der Waals surface area contributed by atoms with Crippen LogP contribution in [0.5, 0.6) is 0 Å². The summed E-state index contributed by atoms with van der Waals surface area (Å²) in [5.74, 6) is 1.47. The molecule has 0 bridgehead atoms. The lowest BCUT2D eigenvalue weighted by atomic mass is 9.98. The molecule has 1 atom stereocenters. The van der Waals surface area contributed by atoms with E-state index in [1.165, 1.54) is 42.4 Å². The quantitative estimate of drug-likeness (QED) is 0.180. The summed E-state index contributed by atoms with van der Waals surface area (Å²) in [5.41, 5.74) is 6.19. The van der Waals surface area contributed by atoms with Crippen molar-refractivity contribution in [2.45, 2.75) is 5.62 Å². The van der Waals surface area contributed by atoms with Crippen LogP contribution in [0.3, 0.4) is 0 Å². The van der Waals surface area contributed by atoms with E-state index in [9.17, 15) is 0 Å². The van der Waals surface area contributed by atoms with Crippen molar-refractivity contribution in [1.29, 1.82) is 0 Å². The van der Waals surface area contributed by atoms with Crippen molar-refractivity contribution in [3.05, 3.63) is 132 Å². The molecule has 7 rings (SSSR count). The summed E-state index contributed by atoms with van der Waals surface area (Å²) >= 11 is 8.29. The summed E-state index contributed by atoms with van der Waals surface area (Å²) in [6.07, 6.45) is 0. The minimum Gasteiger partial charge on any atom is -0.324 e. The second-order valence-electron chi connectivity index (χ2n) is 9.17. The van der Waals surface area contributed by atoms with Gasteiger partial charge in [-0.25, -0.2) is 9.98 Å². The van der Waals surface area contributed by atoms with Crippen molar-refractivity contribution < 1.29 is 0 Å². The van der Waals surface area contributed by atoms with Crippen molar-refractivity contribution >= 4 is 54.8 Å². The molecule has 0 amide bonds. The van der Waals surface area contributed by atoms with E-state index in [1.807, 2.05) is 30.3 Å². The Morgan fingerprint density at radius 3 is 1.82 bits per heavy atom. The van der Waals surface area contributed by atoms with E-state index in [4.69, 9.17) is 11.6 Å². The van der Waals surface area contributed by atoms with Gasteiger partial charge >= 0.3 is 0 Å². The van der Waals surface area contributed by atoms with Gasteiger partial charge in [0.1, 0.15) is 11.7 Å². The van der Waals surface area contributed by atoms with Gasteiger partial charge in [0, 0.05) is 31.3 Å². The molecule has 5 aromatic carbocycles. The standard InChI is InChI=1S/C33H22ClN3S/c34-33-36-31(22-12-5-2-6-13-22)35-32(37-33)28-19-9-18-27-26-17-8-16-25(29(26)38-30(27)28)24-15-7-14-23(20-24)21-10-3-1-4-11-21/h1-20,33H,(H,35,36,37). The zero-order chi connectivity index (χ0) is 25.5. The number of rotatable bonds is 4. The van der Waals surface area contributed by atoms with Crippen LogP contribution in [0.15, 0.2) is 131 Å². The van der Waals surface area contributed by atoms with E-state index < -0.39 is 5.62 Å². The molecule has 0 saturated heterocycles. The number of aliphatic imine (C=N–C) groups is 2. The number of benzene rings is 5. The number of fused-ring (bicyclic) bond motifs is 3. The van der Waals surface area contributed by atoms with Crippen molar-refractivity contribution in [3.8, 4) is 22.3 Å². The van der Waals surface area contributed by atoms with Gasteiger partial charge in [-0.05, 0) is 34.4 Å². The average Bonchev–Trinajstić information content (AvgIpc) is 3.37. The Kier molecular flexibility index (Phi) is 5.77. The van der Waals surface area contributed by atoms with Gasteiger partial charge in [0.25, 0.3) is 0 Å². The molecule has 0 saturated carbocycles. The van der Waals surface area contributed by atoms with Crippen LogP contribution in [-0.4, -0.2) is 17.3 Å². The SMILES string of the molecule is ClC1N=C(c2ccccc2)NC(c2cccc3c2sc2c(-c4cccc(-c5ccccc5)c4)cccc23)=N1. The van der Waals surface area contributed by atoms with Gasteiger partial charge in [0.05, 0.1) is 0 Å². The predicted octanol–water partition coefficient (Wildman–Crippen LogP) is 8.71. The molecule has 1 N–H and O–H groups in total. The molecule has 2 heterocycles. The van der Waals surface area contributed by atoms with Gasteiger partial charge in [-0.15, -0.1) is 11.3 Å². The Balaban J connectivity index is 1.35. The number of nitrogens with zero attached hydrogens (tertiary/aromatic N) is 2. The normalized spacial score (nSPS) is 15.2. The average molecular weight is 528 g/mol. The second kappa shape index (κ2) is 9.56. The van der Waals surface area contributed by atoms with E-state index >= 15 is 0 Å². The molecule has 0 radical (unpaired) electrons. The largest absolute Gasteiger partial charge is 0.324 e. The first-order valence-electron chi connectivity index (χ1n) is 12.5. The first kappa shape index (κ1) is 22.9. The topological polar surface area (TPSA) is 36.8 Å². The number of halogens is 1. The van der Waals surface area contributed by atoms with E-state index in [0.29, 0.717) is 0 Å². The molecule has 1 unspecified atom stereocenters. The van der Waals surface area contributed by atoms with Crippen LogP contribution in [0.25, 0.3) is 42.4 Å². The van der Waals surface area contributed by atoms with Crippen molar-refractivity contribution in [3.63, 3.8) is 0 Å². The number of nitrogens with one attached hydrogen (secondary N) is 1. The van der Waals surface area contributed by atoms with Crippen LogP contribution in [0, 0.1) is 0 Å². The molecule has 5 heteroatoms. The highest BCUT2D eigenvalue weighted by Crippen LogP contribution is 2.42. The van der Waals surface area contributed by atoms with Gasteiger partial charge in [-0.3, -0.25) is 0 Å². The maximum absolute atomic E-state index is 6.49. The monoisotopic (exact) mass is 527 g/mol. The summed E-state index contributed by atoms with van der Waals surface area (Å²) in [6.45, 7) is 0. The van der Waals surface area contributed by atoms with Crippen LogP contribution in [0.4, 0.5) is 0 Å². The molecule has 0 aliphatic carbocycles. The lowest BCUT2D eigenvalue weighted by Crippen LogP contribution is -2.36. The number of amidine groups is 2. The highest BCUT2D eigenvalue weighted by molar-refractivity contribution is 7.26. The number of alkyl halides is 1. The molecule has 1 aliphatic heterocycles. The minimum atomic E-state index is -0.678. The molecule has 6 aromatic rings.